The Labute approximate surface area is 188 Å². The summed E-state index contributed by atoms with van der Waals surface area (Å²) >= 11 is 6.33. The zero-order chi connectivity index (χ0) is 22.2. The molecule has 0 amide bonds. The number of hydrogen-bond donors (Lipinski definition) is 1. The van der Waals surface area contributed by atoms with Crippen LogP contribution in [0.5, 0.6) is 11.6 Å². The molecule has 2 aliphatic heterocycles. The number of carboxylic acid groups (broad SMARTS) is 1. The number of anilines is 2. The number of halogens is 1. The van der Waals surface area contributed by atoms with E-state index in [1.807, 2.05) is 6.07 Å². The summed E-state index contributed by atoms with van der Waals surface area (Å²) in [5.74, 6) is 0.714. The van der Waals surface area contributed by atoms with E-state index in [2.05, 4.69) is 39.0 Å². The molecule has 7 nitrogen and oxygen atoms in total. The van der Waals surface area contributed by atoms with Gasteiger partial charge in [0.2, 0.25) is 5.88 Å². The van der Waals surface area contributed by atoms with Gasteiger partial charge < -0.3 is 24.4 Å². The van der Waals surface area contributed by atoms with Gasteiger partial charge in [-0.2, -0.15) is 0 Å². The molecular formula is C23H30ClN3O4. The summed E-state index contributed by atoms with van der Waals surface area (Å²) in [6.45, 7) is 5.23. The maximum absolute atomic E-state index is 9.00. The number of aromatic nitrogens is 1. The molecule has 2 aliphatic rings. The summed E-state index contributed by atoms with van der Waals surface area (Å²) < 4.78 is 11.4. The maximum atomic E-state index is 9.00. The van der Waals surface area contributed by atoms with E-state index in [0.29, 0.717) is 10.9 Å². The third kappa shape index (κ3) is 6.66. The molecule has 4 rings (SSSR count). The van der Waals surface area contributed by atoms with Crippen molar-refractivity contribution < 1.29 is 19.4 Å². The minimum atomic E-state index is -0.833. The third-order valence-electron chi connectivity index (χ3n) is 5.41. The van der Waals surface area contributed by atoms with Crippen molar-refractivity contribution in [2.24, 2.45) is 0 Å². The molecule has 8 heteroatoms. The first-order valence-corrected chi connectivity index (χ1v) is 11.0. The SMILES string of the molecule is CC(=O)O.COc1cc(N2CCC(Oc3ccc(N4CCCC4)cc3)CC2)c(Cl)cn1. The molecule has 0 aliphatic carbocycles. The van der Waals surface area contributed by atoms with Crippen molar-refractivity contribution >= 4 is 28.9 Å². The fourth-order valence-electron chi connectivity index (χ4n) is 3.88. The van der Waals surface area contributed by atoms with Crippen LogP contribution in [0, 0.1) is 0 Å². The van der Waals surface area contributed by atoms with Crippen LogP contribution in [0.2, 0.25) is 5.02 Å². The van der Waals surface area contributed by atoms with Crippen molar-refractivity contribution in [3.8, 4) is 11.6 Å². The van der Waals surface area contributed by atoms with E-state index in [1.54, 1.807) is 13.3 Å². The van der Waals surface area contributed by atoms with E-state index in [-0.39, 0.29) is 6.10 Å². The van der Waals surface area contributed by atoms with Crippen molar-refractivity contribution in [2.45, 2.75) is 38.7 Å². The molecule has 0 unspecified atom stereocenters. The highest BCUT2D eigenvalue weighted by Crippen LogP contribution is 2.31. The first kappa shape index (κ1) is 23.0. The van der Waals surface area contributed by atoms with Crippen LogP contribution < -0.4 is 19.3 Å². The zero-order valence-electron chi connectivity index (χ0n) is 18.1. The van der Waals surface area contributed by atoms with Gasteiger partial charge in [0.25, 0.3) is 5.97 Å². The maximum Gasteiger partial charge on any atom is 0.300 e. The van der Waals surface area contributed by atoms with E-state index < -0.39 is 5.97 Å². The number of nitrogens with zero attached hydrogens (tertiary/aromatic N) is 3. The minimum absolute atomic E-state index is 0.237. The van der Waals surface area contributed by atoms with Crippen LogP contribution >= 0.6 is 11.6 Å². The molecule has 1 aromatic heterocycles. The lowest BCUT2D eigenvalue weighted by Crippen LogP contribution is -2.38. The topological polar surface area (TPSA) is 75.1 Å². The molecule has 0 saturated carbocycles. The monoisotopic (exact) mass is 447 g/mol. The molecule has 168 valence electrons. The smallest absolute Gasteiger partial charge is 0.300 e. The normalized spacial score (nSPS) is 16.5. The van der Waals surface area contributed by atoms with E-state index in [9.17, 15) is 0 Å². The third-order valence-corrected chi connectivity index (χ3v) is 5.70. The molecule has 0 radical (unpaired) electrons. The zero-order valence-corrected chi connectivity index (χ0v) is 18.8. The fraction of sp³-hybridized carbons (Fsp3) is 0.478. The first-order chi connectivity index (χ1) is 15.0. The minimum Gasteiger partial charge on any atom is -0.490 e. The predicted molar refractivity (Wildman–Crippen MR) is 123 cm³/mol. The van der Waals surface area contributed by atoms with Gasteiger partial charge in [-0.1, -0.05) is 11.6 Å². The Bertz CT molecular complexity index is 844. The largest absolute Gasteiger partial charge is 0.490 e. The van der Waals surface area contributed by atoms with Crippen LogP contribution in [0.15, 0.2) is 36.5 Å². The Balaban J connectivity index is 0.000000628. The van der Waals surface area contributed by atoms with Gasteiger partial charge in [-0.15, -0.1) is 0 Å². The number of ether oxygens (including phenoxy) is 2. The molecule has 1 aromatic carbocycles. The van der Waals surface area contributed by atoms with Gasteiger partial charge in [0.05, 0.1) is 24.0 Å². The highest BCUT2D eigenvalue weighted by Gasteiger charge is 2.23. The van der Waals surface area contributed by atoms with Crippen LogP contribution in [-0.4, -0.2) is 55.5 Å². The van der Waals surface area contributed by atoms with Crippen molar-refractivity contribution in [3.05, 3.63) is 41.6 Å². The number of hydrogen-bond acceptors (Lipinski definition) is 6. The second-order valence-electron chi connectivity index (χ2n) is 7.69. The Hall–Kier alpha value is -2.67. The van der Waals surface area contributed by atoms with E-state index in [1.165, 1.54) is 31.6 Å². The van der Waals surface area contributed by atoms with Crippen LogP contribution in [0.1, 0.15) is 32.6 Å². The molecule has 2 aromatic rings. The molecule has 0 spiro atoms. The van der Waals surface area contributed by atoms with Gasteiger partial charge in [0, 0.05) is 57.7 Å². The van der Waals surface area contributed by atoms with Crippen LogP contribution in [0.4, 0.5) is 11.4 Å². The number of methoxy groups -OCH3 is 1. The summed E-state index contributed by atoms with van der Waals surface area (Å²) in [5, 5.41) is 8.08. The van der Waals surface area contributed by atoms with E-state index in [4.69, 9.17) is 31.0 Å². The molecule has 0 bridgehead atoms. The summed E-state index contributed by atoms with van der Waals surface area (Å²) in [4.78, 5) is 17.9. The predicted octanol–water partition coefficient (Wildman–Crippen LogP) is 4.48. The number of carboxylic acids is 1. The van der Waals surface area contributed by atoms with E-state index >= 15 is 0 Å². The lowest BCUT2D eigenvalue weighted by molar-refractivity contribution is -0.134. The summed E-state index contributed by atoms with van der Waals surface area (Å²) in [7, 11) is 1.62. The van der Waals surface area contributed by atoms with Gasteiger partial charge in [0.1, 0.15) is 11.9 Å². The number of aliphatic carboxylic acids is 1. The van der Waals surface area contributed by atoms with Gasteiger partial charge in [0.15, 0.2) is 0 Å². The number of piperidine rings is 1. The number of rotatable bonds is 5. The van der Waals surface area contributed by atoms with Crippen molar-refractivity contribution in [1.82, 2.24) is 4.98 Å². The molecule has 2 saturated heterocycles. The Kier molecular flexibility index (Phi) is 8.23. The standard InChI is InChI=1S/C21H26ClN3O2.C2H4O2/c1-26-21-14-20(19(22)15-23-21)25-12-8-18(9-13-25)27-17-6-4-16(5-7-17)24-10-2-3-11-24;1-2(3)4/h4-7,14-15,18H,2-3,8-13H2,1H3;1H3,(H,3,4). The molecular weight excluding hydrogens is 418 g/mol. The van der Waals surface area contributed by atoms with Crippen LogP contribution in [-0.2, 0) is 4.79 Å². The van der Waals surface area contributed by atoms with Gasteiger partial charge in [-0.3, -0.25) is 4.79 Å². The second kappa shape index (κ2) is 11.1. The van der Waals surface area contributed by atoms with Gasteiger partial charge >= 0.3 is 0 Å². The van der Waals surface area contributed by atoms with Crippen LogP contribution in [0.25, 0.3) is 0 Å². The Morgan fingerprint density at radius 2 is 1.71 bits per heavy atom. The number of carbonyl (C=O) groups is 1. The average Bonchev–Trinajstić information content (AvgIpc) is 3.30. The summed E-state index contributed by atoms with van der Waals surface area (Å²) in [6.07, 6.45) is 6.42. The molecule has 2 fully saturated rings. The quantitative estimate of drug-likeness (QED) is 0.724. The van der Waals surface area contributed by atoms with Crippen molar-refractivity contribution in [3.63, 3.8) is 0 Å². The summed E-state index contributed by atoms with van der Waals surface area (Å²) in [5.41, 5.74) is 2.29. The second-order valence-corrected chi connectivity index (χ2v) is 8.10. The molecule has 31 heavy (non-hydrogen) atoms. The molecule has 3 heterocycles. The van der Waals surface area contributed by atoms with Gasteiger partial charge in [-0.05, 0) is 37.1 Å². The lowest BCUT2D eigenvalue weighted by Gasteiger charge is -2.34. The fourth-order valence-corrected chi connectivity index (χ4v) is 4.10. The molecule has 1 N–H and O–H groups in total. The van der Waals surface area contributed by atoms with Crippen molar-refractivity contribution in [1.29, 1.82) is 0 Å². The first-order valence-electron chi connectivity index (χ1n) is 10.6. The molecule has 0 atom stereocenters. The highest BCUT2D eigenvalue weighted by molar-refractivity contribution is 6.33. The summed E-state index contributed by atoms with van der Waals surface area (Å²) in [6, 6.07) is 10.5. The van der Waals surface area contributed by atoms with E-state index in [0.717, 1.165) is 44.3 Å². The number of pyridine rings is 1. The Morgan fingerprint density at radius 3 is 2.29 bits per heavy atom. The van der Waals surface area contributed by atoms with Gasteiger partial charge in [-0.25, -0.2) is 4.98 Å². The van der Waals surface area contributed by atoms with Crippen LogP contribution in [0.3, 0.4) is 0 Å². The number of benzene rings is 1. The average molecular weight is 448 g/mol. The van der Waals surface area contributed by atoms with Crippen molar-refractivity contribution in [2.75, 3.05) is 43.1 Å². The Morgan fingerprint density at radius 1 is 1.10 bits per heavy atom. The lowest BCUT2D eigenvalue weighted by atomic mass is 10.1. The highest BCUT2D eigenvalue weighted by atomic mass is 35.5.